The van der Waals surface area contributed by atoms with Crippen LogP contribution in [-0.4, -0.2) is 145 Å². The third kappa shape index (κ3) is 49.9. The van der Waals surface area contributed by atoms with E-state index in [0.717, 1.165) is 51.4 Å². The number of likely N-dealkylation sites (N-methyl/N-ethyl adjacent to an activating group) is 2. The number of amides is 8. The van der Waals surface area contributed by atoms with Gasteiger partial charge in [-0.1, -0.05) is 249 Å². The zero-order chi connectivity index (χ0) is 73.4. The maximum Gasteiger partial charge on any atom is 0.243 e. The minimum Gasteiger partial charge on any atom is -0.354 e. The molecule has 20 nitrogen and oxygen atoms in total. The molecule has 0 aromatic heterocycles. The number of ketones is 4. The number of carbonyl (C=O) groups is 12. The number of unbranched alkanes of at least 4 members (excludes halogenated alkanes) is 4. The molecule has 0 aliphatic heterocycles. The predicted octanol–water partition coefficient (Wildman–Crippen LogP) is 13.8. The van der Waals surface area contributed by atoms with Crippen molar-refractivity contribution < 1.29 is 57.5 Å². The summed E-state index contributed by atoms with van der Waals surface area (Å²) >= 11 is 0. The summed E-state index contributed by atoms with van der Waals surface area (Å²) in [5.41, 5.74) is -3.66. The molecule has 0 aliphatic carbocycles. The van der Waals surface area contributed by atoms with Crippen molar-refractivity contribution in [1.82, 2.24) is 41.7 Å². The van der Waals surface area contributed by atoms with Crippen LogP contribution < -0.4 is 31.9 Å². The van der Waals surface area contributed by atoms with E-state index in [2.05, 4.69) is 31.9 Å². The molecule has 6 N–H and O–H groups in total. The van der Waals surface area contributed by atoms with E-state index in [-0.39, 0.29) is 137 Å². The molecule has 8 amide bonds. The summed E-state index contributed by atoms with van der Waals surface area (Å²) in [5.74, 6) is -1.88. The summed E-state index contributed by atoms with van der Waals surface area (Å²) in [6, 6.07) is -3.11. The third-order valence-corrected chi connectivity index (χ3v) is 14.4. The average molecular weight is 1370 g/mol. The molecular formula is C76H152N8O12. The molecule has 0 heterocycles. The van der Waals surface area contributed by atoms with E-state index < -0.39 is 56.7 Å². The predicted molar refractivity (Wildman–Crippen MR) is 399 cm³/mol. The van der Waals surface area contributed by atoms with Crippen molar-refractivity contribution in [2.45, 2.75) is 338 Å². The fourth-order valence-electron chi connectivity index (χ4n) is 7.74. The monoisotopic (exact) mass is 1370 g/mol. The molecular weight excluding hydrogens is 1220 g/mol. The molecule has 4 unspecified atom stereocenters. The Hall–Kier alpha value is -5.56. The zero-order valence-electron chi connectivity index (χ0n) is 63.8. The van der Waals surface area contributed by atoms with Crippen molar-refractivity contribution >= 4 is 70.4 Å². The van der Waals surface area contributed by atoms with E-state index in [4.69, 9.17) is 0 Å². The highest BCUT2D eigenvalue weighted by Gasteiger charge is 2.38. The lowest BCUT2D eigenvalue weighted by molar-refractivity contribution is -0.147. The first-order valence-electron chi connectivity index (χ1n) is 33.7. The van der Waals surface area contributed by atoms with Gasteiger partial charge in [0.1, 0.15) is 47.3 Å². The van der Waals surface area contributed by atoms with E-state index in [1.54, 1.807) is 34.9 Å². The average Bonchev–Trinajstić information content (AvgIpc) is 0.855. The minimum absolute atomic E-state index is 0. The summed E-state index contributed by atoms with van der Waals surface area (Å²) < 4.78 is 0. The fraction of sp³-hybridized carbons (Fsp3) is 0.842. The molecule has 0 radical (unpaired) electrons. The highest BCUT2D eigenvalue weighted by Crippen LogP contribution is 2.26. The Morgan fingerprint density at radius 3 is 0.833 bits per heavy atom. The molecule has 20 heteroatoms. The van der Waals surface area contributed by atoms with Gasteiger partial charge in [0.15, 0.2) is 0 Å². The van der Waals surface area contributed by atoms with E-state index in [1.807, 2.05) is 173 Å². The molecule has 4 atom stereocenters. The Balaban J connectivity index is -0.000000177. The van der Waals surface area contributed by atoms with Crippen molar-refractivity contribution in [2.75, 3.05) is 40.3 Å². The van der Waals surface area contributed by atoms with Gasteiger partial charge in [-0.05, 0) is 36.5 Å². The lowest BCUT2D eigenvalue weighted by Crippen LogP contribution is -2.52. The van der Waals surface area contributed by atoms with Crippen molar-refractivity contribution in [3.8, 4) is 0 Å². The lowest BCUT2D eigenvalue weighted by atomic mass is 9.86. The first kappa shape index (κ1) is 106. The highest BCUT2D eigenvalue weighted by atomic mass is 16.2. The summed E-state index contributed by atoms with van der Waals surface area (Å²) in [4.78, 5) is 151. The number of hydrogen-bond acceptors (Lipinski definition) is 12. The van der Waals surface area contributed by atoms with E-state index in [0.29, 0.717) is 39.0 Å². The highest BCUT2D eigenvalue weighted by molar-refractivity contribution is 5.97. The van der Waals surface area contributed by atoms with Crippen molar-refractivity contribution in [3.05, 3.63) is 0 Å². The Morgan fingerprint density at radius 1 is 0.323 bits per heavy atom. The number of carbonyl (C=O) groups excluding carboxylic acids is 12. The van der Waals surface area contributed by atoms with E-state index in [1.165, 1.54) is 9.80 Å². The first-order chi connectivity index (χ1) is 41.4. The summed E-state index contributed by atoms with van der Waals surface area (Å²) in [7, 11) is 3.22. The number of nitrogens with one attached hydrogen (secondary N) is 6. The van der Waals surface area contributed by atoms with Crippen LogP contribution in [0, 0.1) is 43.3 Å². The van der Waals surface area contributed by atoms with Crippen LogP contribution in [0.4, 0.5) is 0 Å². The Labute approximate surface area is 588 Å². The summed E-state index contributed by atoms with van der Waals surface area (Å²) in [6.45, 7) is 54.9. The molecule has 96 heavy (non-hydrogen) atoms. The quantitative estimate of drug-likeness (QED) is 0.0366. The molecule has 0 rings (SSSR count). The molecule has 0 saturated carbocycles. The standard InChI is InChI=1S/C19H36N2O3.2C18H34N2O3.C17H32N2O3.4CH4/c1-9-10-11-20-17(24)14(12-15(22)19(5,6)7)21(8)16(23)13-18(2,3)4;1-9-10-11-19-15(22)13(12-14(21)17(2,3)4)20(8)16(23)18(5,6)7;1-8-9-10-19-16(23)13(11-14(21)18(5,6)7)20-15(22)12-17(2,3)4;1-8-9-10-18-14(21)12(11-13(20)16(2,3)4)19-15(22)17(5,6)7;;;;/h14H,9-13H2,1-8H3,(H,20,24);13H,9-12H2,1-8H3,(H,19,22);13H,8-12H2,1-7H3,(H,19,23)(H,20,22);12H,8-11H2,1-7H3,(H,18,21)(H,19,22);4*1H4. The van der Waals surface area contributed by atoms with Crippen LogP contribution >= 0.6 is 0 Å². The number of rotatable bonds is 30. The summed E-state index contributed by atoms with van der Waals surface area (Å²) in [6.07, 6.45) is 8.19. The van der Waals surface area contributed by atoms with E-state index in [9.17, 15) is 57.5 Å². The smallest absolute Gasteiger partial charge is 0.243 e. The Bertz CT molecular complexity index is 2320. The van der Waals surface area contributed by atoms with Crippen LogP contribution in [0.3, 0.4) is 0 Å². The van der Waals surface area contributed by atoms with Crippen LogP contribution in [0.2, 0.25) is 0 Å². The van der Waals surface area contributed by atoms with Crippen LogP contribution in [-0.2, 0) is 57.5 Å². The van der Waals surface area contributed by atoms with Gasteiger partial charge in [-0.25, -0.2) is 0 Å². The topological polar surface area (TPSA) is 283 Å². The van der Waals surface area contributed by atoms with Crippen molar-refractivity contribution in [2.24, 2.45) is 43.3 Å². The molecule has 0 spiro atoms. The van der Waals surface area contributed by atoms with Gasteiger partial charge in [0.25, 0.3) is 0 Å². The molecule has 0 aromatic rings. The van der Waals surface area contributed by atoms with Gasteiger partial charge in [0.05, 0.1) is 0 Å². The third-order valence-electron chi connectivity index (χ3n) is 14.4. The van der Waals surface area contributed by atoms with Gasteiger partial charge < -0.3 is 41.7 Å². The first-order valence-corrected chi connectivity index (χ1v) is 33.7. The maximum atomic E-state index is 12.5. The van der Waals surface area contributed by atoms with Gasteiger partial charge in [-0.2, -0.15) is 0 Å². The Morgan fingerprint density at radius 2 is 0.583 bits per heavy atom. The van der Waals surface area contributed by atoms with Crippen LogP contribution in [0.5, 0.6) is 0 Å². The van der Waals surface area contributed by atoms with Crippen molar-refractivity contribution in [3.63, 3.8) is 0 Å². The summed E-state index contributed by atoms with van der Waals surface area (Å²) in [5, 5.41) is 16.7. The lowest BCUT2D eigenvalue weighted by Gasteiger charge is -2.33. The second-order valence-corrected chi connectivity index (χ2v) is 33.2. The SMILES string of the molecule is C.C.C.C.CCCCNC(=O)C(CC(=O)C(C)(C)C)N(C)C(=O)C(C)(C)C.CCCCNC(=O)C(CC(=O)C(C)(C)C)N(C)C(=O)CC(C)(C)C.CCCCNC(=O)C(CC(=O)C(C)(C)C)NC(=O)C(C)(C)C.CCCCNC(=O)C(CC(=O)C(C)(C)C)NC(=O)CC(C)(C)C. The largest absolute Gasteiger partial charge is 0.354 e. The van der Waals surface area contributed by atoms with Crippen LogP contribution in [0.1, 0.15) is 313 Å². The van der Waals surface area contributed by atoms with E-state index >= 15 is 0 Å². The van der Waals surface area contributed by atoms with Gasteiger partial charge in [-0.15, -0.1) is 0 Å². The van der Waals surface area contributed by atoms with Crippen LogP contribution in [0.25, 0.3) is 0 Å². The zero-order valence-corrected chi connectivity index (χ0v) is 63.8. The molecule has 0 saturated heterocycles. The second kappa shape index (κ2) is 48.2. The van der Waals surface area contributed by atoms with Gasteiger partial charge in [-0.3, -0.25) is 57.5 Å². The van der Waals surface area contributed by atoms with Gasteiger partial charge in [0, 0.05) is 111 Å². The second-order valence-electron chi connectivity index (χ2n) is 33.2. The molecule has 0 bridgehead atoms. The number of nitrogens with zero attached hydrogens (tertiary/aromatic N) is 2. The Kier molecular flexibility index (Phi) is 53.5. The normalized spacial score (nSPS) is 12.8. The maximum absolute atomic E-state index is 12.5. The van der Waals surface area contributed by atoms with Crippen molar-refractivity contribution in [1.29, 1.82) is 0 Å². The number of hydrogen-bond donors (Lipinski definition) is 6. The fourth-order valence-corrected chi connectivity index (χ4v) is 7.74. The number of Topliss-reactive ketones (excluding diaryl/α,β-unsaturated/α-hetero) is 4. The molecule has 0 aromatic carbocycles. The van der Waals surface area contributed by atoms with Gasteiger partial charge >= 0.3 is 0 Å². The minimum atomic E-state index is -0.810. The van der Waals surface area contributed by atoms with Gasteiger partial charge in [0.2, 0.25) is 47.3 Å². The van der Waals surface area contributed by atoms with Crippen LogP contribution in [0.15, 0.2) is 0 Å². The molecule has 568 valence electrons. The molecule has 0 fully saturated rings. The molecule has 0 aliphatic rings.